The molecule has 3 rings (SSSR count). The molecule has 2 N–H and O–H groups in total. The van der Waals surface area contributed by atoms with Gasteiger partial charge in [0.2, 0.25) is 5.91 Å². The number of nitrogens with one attached hydrogen (secondary N) is 2. The molecule has 0 spiro atoms. The highest BCUT2D eigenvalue weighted by molar-refractivity contribution is 5.90. The van der Waals surface area contributed by atoms with Crippen LogP contribution in [0, 0.1) is 6.92 Å². The highest BCUT2D eigenvalue weighted by atomic mass is 16.1. The number of carbonyl (C=O) groups excluding carboxylic acids is 1. The Hall–Kier alpha value is -2.88. The zero-order chi connectivity index (χ0) is 16.2. The highest BCUT2D eigenvalue weighted by Crippen LogP contribution is 2.15. The summed E-state index contributed by atoms with van der Waals surface area (Å²) < 4.78 is 0. The lowest BCUT2D eigenvalue weighted by molar-refractivity contribution is -0.116. The zero-order valence-corrected chi connectivity index (χ0v) is 12.9. The van der Waals surface area contributed by atoms with E-state index in [1.807, 2.05) is 61.5 Å². The molecule has 0 atom stereocenters. The predicted octanol–water partition coefficient (Wildman–Crippen LogP) is 3.41. The summed E-state index contributed by atoms with van der Waals surface area (Å²) in [6.07, 6.45) is 0.688. The molecule has 23 heavy (non-hydrogen) atoms. The van der Waals surface area contributed by atoms with E-state index in [2.05, 4.69) is 10.3 Å². The predicted molar refractivity (Wildman–Crippen MR) is 92.7 cm³/mol. The standard InChI is InChI=1S/C19H18N2O2/c1-13-6-5-7-14-12-15(19(23)21-18(13)14)10-11-17(22)20-16-8-3-2-4-9-16/h2-9,12H,10-11H2,1H3,(H,20,22)(H,21,23). The fourth-order valence-electron chi connectivity index (χ4n) is 2.61. The van der Waals surface area contributed by atoms with E-state index >= 15 is 0 Å². The second kappa shape index (κ2) is 6.48. The van der Waals surface area contributed by atoms with Crippen molar-refractivity contribution < 1.29 is 4.79 Å². The minimum absolute atomic E-state index is 0.0973. The van der Waals surface area contributed by atoms with Crippen LogP contribution in [0.2, 0.25) is 0 Å². The van der Waals surface area contributed by atoms with Crippen molar-refractivity contribution >= 4 is 22.5 Å². The molecule has 0 aliphatic heterocycles. The number of pyridine rings is 1. The van der Waals surface area contributed by atoms with Gasteiger partial charge in [0.05, 0.1) is 5.52 Å². The average molecular weight is 306 g/mol. The van der Waals surface area contributed by atoms with Gasteiger partial charge in [-0.2, -0.15) is 0 Å². The summed E-state index contributed by atoms with van der Waals surface area (Å²) in [6, 6.07) is 17.1. The van der Waals surface area contributed by atoms with E-state index in [0.29, 0.717) is 12.0 Å². The van der Waals surface area contributed by atoms with Gasteiger partial charge in [-0.05, 0) is 42.5 Å². The van der Waals surface area contributed by atoms with Crippen LogP contribution in [0.15, 0.2) is 59.4 Å². The van der Waals surface area contributed by atoms with Gasteiger partial charge in [-0.3, -0.25) is 9.59 Å². The molecule has 0 fully saturated rings. The number of aromatic amines is 1. The molecular weight excluding hydrogens is 288 g/mol. The van der Waals surface area contributed by atoms with Crippen LogP contribution in [-0.2, 0) is 11.2 Å². The van der Waals surface area contributed by atoms with Gasteiger partial charge in [-0.15, -0.1) is 0 Å². The number of amides is 1. The third kappa shape index (κ3) is 3.48. The lowest BCUT2D eigenvalue weighted by atomic mass is 10.1. The second-order valence-corrected chi connectivity index (χ2v) is 5.58. The van der Waals surface area contributed by atoms with Crippen molar-refractivity contribution in [3.63, 3.8) is 0 Å². The van der Waals surface area contributed by atoms with Crippen molar-refractivity contribution in [2.75, 3.05) is 5.32 Å². The number of fused-ring (bicyclic) bond motifs is 1. The molecule has 0 aliphatic carbocycles. The Morgan fingerprint density at radius 1 is 1.09 bits per heavy atom. The first kappa shape index (κ1) is 15.0. The van der Waals surface area contributed by atoms with Crippen molar-refractivity contribution in [2.24, 2.45) is 0 Å². The van der Waals surface area contributed by atoms with E-state index < -0.39 is 0 Å². The summed E-state index contributed by atoms with van der Waals surface area (Å²) in [5.41, 5.74) is 3.16. The molecule has 2 aromatic carbocycles. The molecule has 0 bridgehead atoms. The molecule has 116 valence electrons. The Bertz CT molecular complexity index is 898. The highest BCUT2D eigenvalue weighted by Gasteiger charge is 2.08. The van der Waals surface area contributed by atoms with Gasteiger partial charge in [0, 0.05) is 17.7 Å². The Balaban J connectivity index is 1.73. The molecular formula is C19H18N2O2. The van der Waals surface area contributed by atoms with Gasteiger partial charge < -0.3 is 10.3 Å². The number of anilines is 1. The third-order valence-electron chi connectivity index (χ3n) is 3.84. The molecule has 0 radical (unpaired) electrons. The van der Waals surface area contributed by atoms with Gasteiger partial charge in [0.1, 0.15) is 0 Å². The number of para-hydroxylation sites is 2. The number of rotatable bonds is 4. The summed E-state index contributed by atoms with van der Waals surface area (Å²) in [6.45, 7) is 1.96. The van der Waals surface area contributed by atoms with Crippen molar-refractivity contribution in [1.29, 1.82) is 0 Å². The van der Waals surface area contributed by atoms with Crippen LogP contribution >= 0.6 is 0 Å². The number of aryl methyl sites for hydroxylation is 2. The van der Waals surface area contributed by atoms with E-state index in [4.69, 9.17) is 0 Å². The molecule has 4 nitrogen and oxygen atoms in total. The van der Waals surface area contributed by atoms with Crippen molar-refractivity contribution in [3.05, 3.63) is 76.1 Å². The van der Waals surface area contributed by atoms with Crippen LogP contribution < -0.4 is 10.9 Å². The van der Waals surface area contributed by atoms with Gasteiger partial charge in [0.15, 0.2) is 0 Å². The Morgan fingerprint density at radius 3 is 2.65 bits per heavy atom. The fourth-order valence-corrected chi connectivity index (χ4v) is 2.61. The second-order valence-electron chi connectivity index (χ2n) is 5.58. The molecule has 0 aliphatic rings. The average Bonchev–Trinajstić information content (AvgIpc) is 2.55. The van der Waals surface area contributed by atoms with Crippen LogP contribution in [-0.4, -0.2) is 10.9 Å². The van der Waals surface area contributed by atoms with E-state index in [1.165, 1.54) is 0 Å². The molecule has 1 aromatic heterocycles. The number of hydrogen-bond acceptors (Lipinski definition) is 2. The summed E-state index contributed by atoms with van der Waals surface area (Å²) in [4.78, 5) is 27.1. The minimum Gasteiger partial charge on any atom is -0.326 e. The SMILES string of the molecule is Cc1cccc2cc(CCC(=O)Nc3ccccc3)c(=O)[nH]c12. The molecule has 1 amide bonds. The van der Waals surface area contributed by atoms with Crippen molar-refractivity contribution in [3.8, 4) is 0 Å². The molecule has 0 unspecified atom stereocenters. The number of hydrogen-bond donors (Lipinski definition) is 2. The molecule has 1 heterocycles. The van der Waals surface area contributed by atoms with Crippen LogP contribution in [0.1, 0.15) is 17.5 Å². The molecule has 0 saturated carbocycles. The Kier molecular flexibility index (Phi) is 4.24. The number of carbonyl (C=O) groups is 1. The van der Waals surface area contributed by atoms with Crippen LogP contribution in [0.25, 0.3) is 10.9 Å². The first-order valence-corrected chi connectivity index (χ1v) is 7.60. The topological polar surface area (TPSA) is 62.0 Å². The van der Waals surface area contributed by atoms with Gasteiger partial charge in [0.25, 0.3) is 5.56 Å². The Morgan fingerprint density at radius 2 is 1.87 bits per heavy atom. The van der Waals surface area contributed by atoms with Crippen LogP contribution in [0.5, 0.6) is 0 Å². The minimum atomic E-state index is -0.126. The molecule has 0 saturated heterocycles. The van der Waals surface area contributed by atoms with Crippen molar-refractivity contribution in [2.45, 2.75) is 19.8 Å². The van der Waals surface area contributed by atoms with E-state index in [1.54, 1.807) is 0 Å². The summed E-state index contributed by atoms with van der Waals surface area (Å²) in [5, 5.41) is 3.82. The lowest BCUT2D eigenvalue weighted by Crippen LogP contribution is -2.17. The van der Waals surface area contributed by atoms with Gasteiger partial charge in [-0.25, -0.2) is 0 Å². The van der Waals surface area contributed by atoms with E-state index in [-0.39, 0.29) is 17.9 Å². The van der Waals surface area contributed by atoms with E-state index in [9.17, 15) is 9.59 Å². The fraction of sp³-hybridized carbons (Fsp3) is 0.158. The smallest absolute Gasteiger partial charge is 0.251 e. The van der Waals surface area contributed by atoms with E-state index in [0.717, 1.165) is 22.2 Å². The van der Waals surface area contributed by atoms with Crippen molar-refractivity contribution in [1.82, 2.24) is 4.98 Å². The summed E-state index contributed by atoms with van der Waals surface area (Å²) >= 11 is 0. The third-order valence-corrected chi connectivity index (χ3v) is 3.84. The Labute approximate surface area is 134 Å². The maximum atomic E-state index is 12.2. The molecule has 3 aromatic rings. The first-order chi connectivity index (χ1) is 11.1. The maximum absolute atomic E-state index is 12.2. The quantitative estimate of drug-likeness (QED) is 0.776. The summed E-state index contributed by atoms with van der Waals surface area (Å²) in [5.74, 6) is -0.0973. The normalized spacial score (nSPS) is 10.7. The van der Waals surface area contributed by atoms with Gasteiger partial charge in [-0.1, -0.05) is 36.4 Å². The van der Waals surface area contributed by atoms with Crippen LogP contribution in [0.4, 0.5) is 5.69 Å². The lowest BCUT2D eigenvalue weighted by Gasteiger charge is -2.07. The number of benzene rings is 2. The molecule has 4 heteroatoms. The first-order valence-electron chi connectivity index (χ1n) is 7.60. The monoisotopic (exact) mass is 306 g/mol. The number of H-pyrrole nitrogens is 1. The maximum Gasteiger partial charge on any atom is 0.251 e. The largest absolute Gasteiger partial charge is 0.326 e. The number of aromatic nitrogens is 1. The zero-order valence-electron chi connectivity index (χ0n) is 12.9. The van der Waals surface area contributed by atoms with Gasteiger partial charge >= 0.3 is 0 Å². The van der Waals surface area contributed by atoms with Crippen LogP contribution in [0.3, 0.4) is 0 Å². The summed E-state index contributed by atoms with van der Waals surface area (Å²) in [7, 11) is 0.